The standard InChI is InChI=1S/C24H16ClI2NO3/c1-14-5-7-17(8-6-14)23-28-21(24(29)31-23)12-16-10-19(26)22(20(27)11-16)30-13-15-3-2-4-18(25)9-15/h2-12H,13H2,1H3/b21-12-. The number of hydrogen-bond donors (Lipinski definition) is 0. The molecule has 1 aliphatic rings. The lowest BCUT2D eigenvalue weighted by molar-refractivity contribution is -0.129. The third-order valence-corrected chi connectivity index (χ3v) is 6.35. The molecule has 0 aromatic heterocycles. The summed E-state index contributed by atoms with van der Waals surface area (Å²) in [5.74, 6) is 0.658. The molecule has 0 aliphatic carbocycles. The van der Waals surface area contributed by atoms with E-state index in [9.17, 15) is 4.79 Å². The average Bonchev–Trinajstić information content (AvgIpc) is 3.08. The molecule has 1 heterocycles. The largest absolute Gasteiger partial charge is 0.487 e. The number of nitrogens with zero attached hydrogens (tertiary/aromatic N) is 1. The molecule has 0 fully saturated rings. The Kier molecular flexibility index (Phi) is 6.98. The summed E-state index contributed by atoms with van der Waals surface area (Å²) in [5.41, 5.74) is 4.03. The van der Waals surface area contributed by atoms with Gasteiger partial charge in [0.15, 0.2) is 5.70 Å². The van der Waals surface area contributed by atoms with E-state index in [-0.39, 0.29) is 5.70 Å². The Morgan fingerprint density at radius 3 is 2.45 bits per heavy atom. The predicted octanol–water partition coefficient (Wildman–Crippen LogP) is 6.78. The Morgan fingerprint density at radius 1 is 1.06 bits per heavy atom. The molecule has 31 heavy (non-hydrogen) atoms. The minimum absolute atomic E-state index is 0.273. The maximum atomic E-state index is 12.3. The molecule has 7 heteroatoms. The summed E-state index contributed by atoms with van der Waals surface area (Å²) < 4.78 is 13.3. The van der Waals surface area contributed by atoms with Crippen LogP contribution in [0.5, 0.6) is 5.75 Å². The van der Waals surface area contributed by atoms with Gasteiger partial charge in [0.1, 0.15) is 12.4 Å². The van der Waals surface area contributed by atoms with Crippen molar-refractivity contribution in [1.29, 1.82) is 0 Å². The first kappa shape index (κ1) is 22.3. The highest BCUT2D eigenvalue weighted by molar-refractivity contribution is 14.1. The number of halogens is 3. The number of cyclic esters (lactones) is 1. The molecule has 0 saturated heterocycles. The molecule has 0 saturated carbocycles. The van der Waals surface area contributed by atoms with Crippen LogP contribution in [0.2, 0.25) is 5.02 Å². The first-order chi connectivity index (χ1) is 14.9. The summed E-state index contributed by atoms with van der Waals surface area (Å²) in [6.07, 6.45) is 1.73. The highest BCUT2D eigenvalue weighted by Gasteiger charge is 2.24. The summed E-state index contributed by atoms with van der Waals surface area (Å²) in [4.78, 5) is 16.7. The third-order valence-electron chi connectivity index (χ3n) is 4.52. The summed E-state index contributed by atoms with van der Waals surface area (Å²) in [5, 5.41) is 0.682. The Balaban J connectivity index is 1.55. The fourth-order valence-corrected chi connectivity index (χ4v) is 5.31. The van der Waals surface area contributed by atoms with E-state index in [1.54, 1.807) is 6.08 Å². The second-order valence-corrected chi connectivity index (χ2v) is 9.70. The van der Waals surface area contributed by atoms with Crippen LogP contribution in [0.25, 0.3) is 6.08 Å². The zero-order valence-electron chi connectivity index (χ0n) is 16.4. The normalized spacial score (nSPS) is 14.5. The highest BCUT2D eigenvalue weighted by Crippen LogP contribution is 2.31. The van der Waals surface area contributed by atoms with Crippen molar-refractivity contribution in [2.45, 2.75) is 13.5 Å². The molecular weight excluding hydrogens is 640 g/mol. The van der Waals surface area contributed by atoms with Gasteiger partial charge in [-0.2, -0.15) is 0 Å². The quantitative estimate of drug-likeness (QED) is 0.173. The van der Waals surface area contributed by atoms with Gasteiger partial charge < -0.3 is 9.47 Å². The van der Waals surface area contributed by atoms with Gasteiger partial charge in [0.2, 0.25) is 5.90 Å². The van der Waals surface area contributed by atoms with Crippen molar-refractivity contribution in [3.05, 3.63) is 101 Å². The van der Waals surface area contributed by atoms with E-state index in [4.69, 9.17) is 21.1 Å². The second-order valence-electron chi connectivity index (χ2n) is 6.93. The molecule has 0 amide bonds. The Labute approximate surface area is 212 Å². The number of carbonyl (C=O) groups is 1. The van der Waals surface area contributed by atoms with Gasteiger partial charge in [0.05, 0.1) is 7.14 Å². The van der Waals surface area contributed by atoms with Crippen LogP contribution in [0.15, 0.2) is 71.4 Å². The molecule has 3 aromatic rings. The van der Waals surface area contributed by atoms with Crippen molar-refractivity contribution in [3.8, 4) is 5.75 Å². The smallest absolute Gasteiger partial charge is 0.363 e. The van der Waals surface area contributed by atoms with Crippen molar-refractivity contribution in [2.24, 2.45) is 4.99 Å². The van der Waals surface area contributed by atoms with E-state index < -0.39 is 5.97 Å². The number of benzene rings is 3. The van der Waals surface area contributed by atoms with E-state index in [1.165, 1.54) is 0 Å². The Bertz CT molecular complexity index is 1200. The molecule has 0 N–H and O–H groups in total. The highest BCUT2D eigenvalue weighted by atomic mass is 127. The molecule has 0 atom stereocenters. The molecular formula is C24H16ClI2NO3. The van der Waals surface area contributed by atoms with Crippen LogP contribution in [-0.2, 0) is 16.1 Å². The number of rotatable bonds is 5. The maximum Gasteiger partial charge on any atom is 0.363 e. The second kappa shape index (κ2) is 9.70. The zero-order chi connectivity index (χ0) is 22.0. The molecule has 4 nitrogen and oxygen atoms in total. The number of ether oxygens (including phenoxy) is 2. The zero-order valence-corrected chi connectivity index (χ0v) is 21.4. The molecule has 0 bridgehead atoms. The van der Waals surface area contributed by atoms with Crippen molar-refractivity contribution >= 4 is 74.7 Å². The fourth-order valence-electron chi connectivity index (χ4n) is 2.97. The van der Waals surface area contributed by atoms with Crippen LogP contribution >= 0.6 is 56.8 Å². The van der Waals surface area contributed by atoms with Crippen LogP contribution in [-0.4, -0.2) is 11.9 Å². The van der Waals surface area contributed by atoms with Crippen molar-refractivity contribution in [2.75, 3.05) is 0 Å². The molecule has 0 unspecified atom stereocenters. The monoisotopic (exact) mass is 655 g/mol. The van der Waals surface area contributed by atoms with Gasteiger partial charge >= 0.3 is 5.97 Å². The summed E-state index contributed by atoms with van der Waals surface area (Å²) in [6, 6.07) is 19.2. The number of aliphatic imine (C=N–C) groups is 1. The first-order valence-electron chi connectivity index (χ1n) is 9.35. The molecule has 1 aliphatic heterocycles. The van der Waals surface area contributed by atoms with Crippen LogP contribution in [0.1, 0.15) is 22.3 Å². The fraction of sp³-hybridized carbons (Fsp3) is 0.0833. The third kappa shape index (κ3) is 5.48. The summed E-state index contributed by atoms with van der Waals surface area (Å²) in [6.45, 7) is 2.42. The summed E-state index contributed by atoms with van der Waals surface area (Å²) >= 11 is 10.5. The number of carbonyl (C=O) groups excluding carboxylic acids is 1. The lowest BCUT2D eigenvalue weighted by atomic mass is 10.1. The predicted molar refractivity (Wildman–Crippen MR) is 139 cm³/mol. The van der Waals surface area contributed by atoms with Gasteiger partial charge in [-0.05, 0) is 106 Å². The molecule has 4 rings (SSSR count). The van der Waals surface area contributed by atoms with Crippen LogP contribution in [0, 0.1) is 14.1 Å². The molecule has 0 spiro atoms. The van der Waals surface area contributed by atoms with E-state index in [0.717, 1.165) is 35.1 Å². The van der Waals surface area contributed by atoms with E-state index in [0.29, 0.717) is 17.5 Å². The van der Waals surface area contributed by atoms with Gasteiger partial charge in [0.25, 0.3) is 0 Å². The van der Waals surface area contributed by atoms with Crippen molar-refractivity contribution in [3.63, 3.8) is 0 Å². The topological polar surface area (TPSA) is 47.9 Å². The van der Waals surface area contributed by atoms with Crippen LogP contribution in [0.4, 0.5) is 0 Å². The van der Waals surface area contributed by atoms with Crippen LogP contribution in [0.3, 0.4) is 0 Å². The van der Waals surface area contributed by atoms with Crippen molar-refractivity contribution < 1.29 is 14.3 Å². The van der Waals surface area contributed by atoms with Gasteiger partial charge in [-0.3, -0.25) is 0 Å². The average molecular weight is 656 g/mol. The van der Waals surface area contributed by atoms with E-state index in [2.05, 4.69) is 50.2 Å². The SMILES string of the molecule is Cc1ccc(C2=N/C(=C\c3cc(I)c(OCc4cccc(Cl)c4)c(I)c3)C(=O)O2)cc1. The minimum Gasteiger partial charge on any atom is -0.487 e. The van der Waals surface area contributed by atoms with E-state index >= 15 is 0 Å². The Hall–Kier alpha value is -1.91. The Morgan fingerprint density at radius 2 is 1.77 bits per heavy atom. The molecule has 0 radical (unpaired) electrons. The number of esters is 1. The first-order valence-corrected chi connectivity index (χ1v) is 11.9. The van der Waals surface area contributed by atoms with Gasteiger partial charge in [-0.25, -0.2) is 9.79 Å². The van der Waals surface area contributed by atoms with Crippen molar-refractivity contribution in [1.82, 2.24) is 0 Å². The van der Waals surface area contributed by atoms with E-state index in [1.807, 2.05) is 67.6 Å². The lowest BCUT2D eigenvalue weighted by Crippen LogP contribution is -2.05. The minimum atomic E-state index is -0.457. The van der Waals surface area contributed by atoms with Gasteiger partial charge in [-0.1, -0.05) is 41.4 Å². The molecule has 156 valence electrons. The van der Waals surface area contributed by atoms with Gasteiger partial charge in [0, 0.05) is 10.6 Å². The van der Waals surface area contributed by atoms with Gasteiger partial charge in [-0.15, -0.1) is 0 Å². The lowest BCUT2D eigenvalue weighted by Gasteiger charge is -2.12. The number of aryl methyl sites for hydroxylation is 1. The maximum absolute atomic E-state index is 12.3. The molecule has 3 aromatic carbocycles. The summed E-state index contributed by atoms with van der Waals surface area (Å²) in [7, 11) is 0. The number of hydrogen-bond acceptors (Lipinski definition) is 4. The van der Waals surface area contributed by atoms with Crippen LogP contribution < -0.4 is 4.74 Å².